The van der Waals surface area contributed by atoms with Crippen LogP contribution in [0, 0.1) is 0 Å². The van der Waals surface area contributed by atoms with E-state index in [0.29, 0.717) is 30.2 Å². The van der Waals surface area contributed by atoms with Gasteiger partial charge in [0.1, 0.15) is 6.54 Å². The molecular formula is C19H23N3O5S. The summed E-state index contributed by atoms with van der Waals surface area (Å²) < 4.78 is 10.6. The maximum absolute atomic E-state index is 12.7. The number of carbonyl (C=O) groups excluding carboxylic acids is 3. The van der Waals surface area contributed by atoms with Gasteiger partial charge in [-0.25, -0.2) is 0 Å². The van der Waals surface area contributed by atoms with Crippen molar-refractivity contribution >= 4 is 34.9 Å². The van der Waals surface area contributed by atoms with Crippen LogP contribution in [0.2, 0.25) is 0 Å². The summed E-state index contributed by atoms with van der Waals surface area (Å²) in [5.74, 6) is 0.323. The van der Waals surface area contributed by atoms with E-state index < -0.39 is 11.1 Å². The number of benzene rings is 1. The summed E-state index contributed by atoms with van der Waals surface area (Å²) >= 11 is 0.822. The number of carbonyl (C=O) groups is 3. The van der Waals surface area contributed by atoms with Gasteiger partial charge in [0.25, 0.3) is 11.1 Å². The van der Waals surface area contributed by atoms with Crippen LogP contribution < -0.4 is 9.47 Å². The highest BCUT2D eigenvalue weighted by atomic mass is 32.2. The molecular weight excluding hydrogens is 382 g/mol. The van der Waals surface area contributed by atoms with Gasteiger partial charge in [0.15, 0.2) is 11.5 Å². The Bertz CT molecular complexity index is 818. The third-order valence-corrected chi connectivity index (χ3v) is 5.65. The second-order valence-corrected chi connectivity index (χ2v) is 7.53. The number of imide groups is 1. The van der Waals surface area contributed by atoms with Crippen LogP contribution in [0.5, 0.6) is 11.5 Å². The largest absolute Gasteiger partial charge is 0.493 e. The summed E-state index contributed by atoms with van der Waals surface area (Å²) in [6.07, 6.45) is 1.59. The number of para-hydroxylation sites is 1. The van der Waals surface area contributed by atoms with Crippen LogP contribution in [0.4, 0.5) is 4.79 Å². The monoisotopic (exact) mass is 405 g/mol. The molecule has 28 heavy (non-hydrogen) atoms. The van der Waals surface area contributed by atoms with Crippen molar-refractivity contribution < 1.29 is 23.9 Å². The maximum atomic E-state index is 12.7. The molecule has 0 aromatic heterocycles. The van der Waals surface area contributed by atoms with Crippen LogP contribution in [0.25, 0.3) is 6.08 Å². The third-order valence-electron chi connectivity index (χ3n) is 4.74. The number of nitrogens with zero attached hydrogens (tertiary/aromatic N) is 3. The van der Waals surface area contributed by atoms with Crippen LogP contribution in [0.3, 0.4) is 0 Å². The van der Waals surface area contributed by atoms with Gasteiger partial charge in [0.05, 0.1) is 19.1 Å². The van der Waals surface area contributed by atoms with E-state index in [1.54, 1.807) is 29.2 Å². The summed E-state index contributed by atoms with van der Waals surface area (Å²) in [4.78, 5) is 42.6. The minimum absolute atomic E-state index is 0.212. The number of rotatable bonds is 5. The molecule has 1 aromatic carbocycles. The number of methoxy groups -OCH3 is 2. The molecule has 0 aliphatic carbocycles. The fourth-order valence-electron chi connectivity index (χ4n) is 3.09. The quantitative estimate of drug-likeness (QED) is 0.687. The Morgan fingerprint density at radius 3 is 2.50 bits per heavy atom. The highest BCUT2D eigenvalue weighted by Gasteiger charge is 2.37. The van der Waals surface area contributed by atoms with Gasteiger partial charge < -0.3 is 19.3 Å². The van der Waals surface area contributed by atoms with Gasteiger partial charge in [0, 0.05) is 31.7 Å². The molecule has 2 aliphatic rings. The van der Waals surface area contributed by atoms with Crippen molar-refractivity contribution in [2.45, 2.75) is 0 Å². The Balaban J connectivity index is 1.75. The van der Waals surface area contributed by atoms with Gasteiger partial charge in [-0.2, -0.15) is 0 Å². The fraction of sp³-hybridized carbons (Fsp3) is 0.421. The zero-order valence-corrected chi connectivity index (χ0v) is 17.0. The maximum Gasteiger partial charge on any atom is 0.294 e. The number of ether oxygens (including phenoxy) is 2. The lowest BCUT2D eigenvalue weighted by Gasteiger charge is -2.33. The Hall–Kier alpha value is -2.52. The van der Waals surface area contributed by atoms with Crippen molar-refractivity contribution in [3.05, 3.63) is 28.7 Å². The Morgan fingerprint density at radius 2 is 1.86 bits per heavy atom. The molecule has 0 N–H and O–H groups in total. The first-order valence-electron chi connectivity index (χ1n) is 8.87. The molecule has 3 rings (SSSR count). The van der Waals surface area contributed by atoms with Gasteiger partial charge in [-0.3, -0.25) is 19.3 Å². The molecule has 9 heteroatoms. The zero-order valence-electron chi connectivity index (χ0n) is 16.1. The minimum Gasteiger partial charge on any atom is -0.493 e. The zero-order chi connectivity index (χ0) is 20.3. The smallest absolute Gasteiger partial charge is 0.294 e. The fourth-order valence-corrected chi connectivity index (χ4v) is 3.92. The van der Waals surface area contributed by atoms with Gasteiger partial charge in [0.2, 0.25) is 5.91 Å². The summed E-state index contributed by atoms with van der Waals surface area (Å²) in [7, 11) is 5.03. The van der Waals surface area contributed by atoms with Crippen molar-refractivity contribution in [1.82, 2.24) is 14.7 Å². The molecule has 0 atom stereocenters. The molecule has 0 radical (unpaired) electrons. The van der Waals surface area contributed by atoms with Gasteiger partial charge in [-0.15, -0.1) is 0 Å². The first-order chi connectivity index (χ1) is 13.4. The molecule has 2 aliphatic heterocycles. The Kier molecular flexibility index (Phi) is 6.25. The van der Waals surface area contributed by atoms with Gasteiger partial charge in [-0.1, -0.05) is 12.1 Å². The van der Waals surface area contributed by atoms with E-state index in [1.807, 2.05) is 7.05 Å². The van der Waals surface area contributed by atoms with Crippen molar-refractivity contribution in [3.63, 3.8) is 0 Å². The van der Waals surface area contributed by atoms with Crippen LogP contribution in [-0.4, -0.2) is 85.7 Å². The van der Waals surface area contributed by atoms with Gasteiger partial charge >= 0.3 is 0 Å². The van der Waals surface area contributed by atoms with Crippen LogP contribution in [0.15, 0.2) is 23.1 Å². The number of hydrogen-bond acceptors (Lipinski definition) is 7. The molecule has 2 heterocycles. The SMILES string of the molecule is COc1cccc(C=C2SC(=O)N(CC(=O)N3CCN(C)CC3)C2=O)c1OC. The molecule has 3 amide bonds. The molecule has 2 fully saturated rings. The molecule has 0 bridgehead atoms. The second kappa shape index (κ2) is 8.66. The number of likely N-dealkylation sites (N-methyl/N-ethyl adjacent to an activating group) is 1. The first kappa shape index (κ1) is 20.2. The molecule has 2 saturated heterocycles. The standard InChI is InChI=1S/C19H23N3O5S/c1-20-7-9-21(10-8-20)16(23)12-22-18(24)15(28-19(22)25)11-13-5-4-6-14(26-2)17(13)27-3/h4-6,11H,7-10,12H2,1-3H3. The average molecular weight is 405 g/mol. The predicted molar refractivity (Wildman–Crippen MR) is 106 cm³/mol. The highest BCUT2D eigenvalue weighted by molar-refractivity contribution is 8.18. The lowest BCUT2D eigenvalue weighted by molar-refractivity contribution is -0.137. The molecule has 150 valence electrons. The van der Waals surface area contributed by atoms with E-state index in [2.05, 4.69) is 4.90 Å². The predicted octanol–water partition coefficient (Wildman–Crippen LogP) is 1.51. The lowest BCUT2D eigenvalue weighted by Crippen LogP contribution is -2.50. The van der Waals surface area contributed by atoms with Crippen LogP contribution in [-0.2, 0) is 9.59 Å². The van der Waals surface area contributed by atoms with E-state index in [1.165, 1.54) is 14.2 Å². The normalized spacial score (nSPS) is 19.5. The highest BCUT2D eigenvalue weighted by Crippen LogP contribution is 2.37. The topological polar surface area (TPSA) is 79.4 Å². The molecule has 0 unspecified atom stereocenters. The van der Waals surface area contributed by atoms with Crippen molar-refractivity contribution in [2.24, 2.45) is 0 Å². The number of thioether (sulfide) groups is 1. The molecule has 1 aromatic rings. The number of hydrogen-bond donors (Lipinski definition) is 0. The second-order valence-electron chi connectivity index (χ2n) is 6.53. The van der Waals surface area contributed by atoms with E-state index in [9.17, 15) is 14.4 Å². The summed E-state index contributed by atoms with van der Waals surface area (Å²) in [6, 6.07) is 5.29. The molecule has 8 nitrogen and oxygen atoms in total. The van der Waals surface area contributed by atoms with Crippen LogP contribution in [0.1, 0.15) is 5.56 Å². The first-order valence-corrected chi connectivity index (χ1v) is 9.69. The minimum atomic E-state index is -0.470. The van der Waals surface area contributed by atoms with Gasteiger partial charge in [-0.05, 0) is 31.0 Å². The van der Waals surface area contributed by atoms with Crippen LogP contribution >= 0.6 is 11.8 Å². The number of piperazine rings is 1. The summed E-state index contributed by atoms with van der Waals surface area (Å²) in [5, 5.41) is -0.444. The average Bonchev–Trinajstić information content (AvgIpc) is 2.95. The number of amides is 3. The van der Waals surface area contributed by atoms with E-state index >= 15 is 0 Å². The third kappa shape index (κ3) is 4.15. The van der Waals surface area contributed by atoms with Crippen molar-refractivity contribution in [2.75, 3.05) is 54.0 Å². The molecule has 0 saturated carbocycles. The van der Waals surface area contributed by atoms with E-state index in [4.69, 9.17) is 9.47 Å². The Labute approximate surface area is 168 Å². The lowest BCUT2D eigenvalue weighted by atomic mass is 10.1. The van der Waals surface area contributed by atoms with Crippen molar-refractivity contribution in [1.29, 1.82) is 0 Å². The molecule has 0 spiro atoms. The van der Waals surface area contributed by atoms with Crippen molar-refractivity contribution in [3.8, 4) is 11.5 Å². The summed E-state index contributed by atoms with van der Waals surface area (Å²) in [5.41, 5.74) is 0.623. The van der Waals surface area contributed by atoms with E-state index in [-0.39, 0.29) is 17.4 Å². The van der Waals surface area contributed by atoms with E-state index in [0.717, 1.165) is 29.8 Å². The summed E-state index contributed by atoms with van der Waals surface area (Å²) in [6.45, 7) is 2.53. The Morgan fingerprint density at radius 1 is 1.14 bits per heavy atom.